The van der Waals surface area contributed by atoms with Crippen molar-refractivity contribution >= 4 is 21.5 Å². The van der Waals surface area contributed by atoms with Gasteiger partial charge in [0.25, 0.3) is 0 Å². The fraction of sp³-hybridized carbons (Fsp3) is 0.212. The van der Waals surface area contributed by atoms with Crippen LogP contribution in [0.4, 0.5) is 0 Å². The first-order chi connectivity index (χ1) is 19.5. The summed E-state index contributed by atoms with van der Waals surface area (Å²) in [6.07, 6.45) is 0. The summed E-state index contributed by atoms with van der Waals surface area (Å²) < 4.78 is 34.2. The van der Waals surface area contributed by atoms with Crippen LogP contribution in [0.25, 0.3) is 43.8 Å². The summed E-state index contributed by atoms with van der Waals surface area (Å²) in [7, 11) is 9.65. The lowest BCUT2D eigenvalue weighted by atomic mass is 9.84. The van der Waals surface area contributed by atoms with Crippen LogP contribution in [-0.2, 0) is 6.61 Å². The van der Waals surface area contributed by atoms with Gasteiger partial charge in [0.2, 0.25) is 0 Å². The molecule has 7 heteroatoms. The molecule has 5 rings (SSSR count). The van der Waals surface area contributed by atoms with Crippen LogP contribution in [0.15, 0.2) is 66.7 Å². The van der Waals surface area contributed by atoms with Crippen LogP contribution in [-0.4, -0.2) is 47.8 Å². The number of ether oxygens (including phenoxy) is 6. The van der Waals surface area contributed by atoms with E-state index in [9.17, 15) is 5.11 Å². The van der Waals surface area contributed by atoms with Crippen molar-refractivity contribution < 1.29 is 33.5 Å². The topological polar surface area (TPSA) is 75.6 Å². The van der Waals surface area contributed by atoms with E-state index in [2.05, 4.69) is 12.1 Å². The number of aliphatic hydroxyl groups is 1. The van der Waals surface area contributed by atoms with Gasteiger partial charge in [-0.25, -0.2) is 0 Å². The van der Waals surface area contributed by atoms with E-state index in [4.69, 9.17) is 28.4 Å². The fourth-order valence-corrected chi connectivity index (χ4v) is 5.37. The summed E-state index contributed by atoms with van der Waals surface area (Å²) in [6, 6.07) is 21.8. The zero-order valence-electron chi connectivity index (χ0n) is 23.5. The predicted molar refractivity (Wildman–Crippen MR) is 158 cm³/mol. The number of hydrogen-bond acceptors (Lipinski definition) is 7. The molecule has 1 N–H and O–H groups in total. The molecule has 0 amide bonds. The van der Waals surface area contributed by atoms with Gasteiger partial charge >= 0.3 is 0 Å². The van der Waals surface area contributed by atoms with E-state index in [1.165, 1.54) is 0 Å². The minimum atomic E-state index is -0.209. The van der Waals surface area contributed by atoms with Crippen molar-refractivity contribution in [1.82, 2.24) is 0 Å². The Labute approximate surface area is 233 Å². The average Bonchev–Trinajstić information content (AvgIpc) is 3.01. The summed E-state index contributed by atoms with van der Waals surface area (Å²) in [5.74, 6) is 3.45. The van der Waals surface area contributed by atoms with Crippen LogP contribution < -0.4 is 28.4 Å². The van der Waals surface area contributed by atoms with Crippen molar-refractivity contribution in [3.63, 3.8) is 0 Å². The van der Waals surface area contributed by atoms with Crippen LogP contribution >= 0.6 is 0 Å². The Hall–Kier alpha value is -4.62. The highest BCUT2D eigenvalue weighted by Crippen LogP contribution is 2.51. The Kier molecular flexibility index (Phi) is 7.58. The van der Waals surface area contributed by atoms with E-state index >= 15 is 0 Å². The lowest BCUT2D eigenvalue weighted by molar-refractivity contribution is 0.281. The molecular weight excluding hydrogens is 508 g/mol. The van der Waals surface area contributed by atoms with Gasteiger partial charge in [0.1, 0.15) is 0 Å². The van der Waals surface area contributed by atoms with E-state index in [0.717, 1.165) is 43.8 Å². The minimum Gasteiger partial charge on any atom is -0.493 e. The fourth-order valence-electron chi connectivity index (χ4n) is 5.37. The number of benzene rings is 5. The van der Waals surface area contributed by atoms with Crippen LogP contribution in [0.5, 0.6) is 34.5 Å². The Bertz CT molecular complexity index is 1620. The third kappa shape index (κ3) is 4.38. The molecule has 0 spiro atoms. The molecule has 7 nitrogen and oxygen atoms in total. The van der Waals surface area contributed by atoms with Gasteiger partial charge in [-0.3, -0.25) is 0 Å². The lowest BCUT2D eigenvalue weighted by Gasteiger charge is -2.22. The molecule has 0 aliphatic rings. The zero-order valence-corrected chi connectivity index (χ0v) is 23.5. The molecule has 0 heterocycles. The molecule has 0 fully saturated rings. The smallest absolute Gasteiger partial charge is 0.161 e. The first-order valence-electron chi connectivity index (χ1n) is 12.7. The van der Waals surface area contributed by atoms with Gasteiger partial charge in [-0.1, -0.05) is 30.3 Å². The van der Waals surface area contributed by atoms with Crippen LogP contribution in [0.2, 0.25) is 0 Å². The van der Waals surface area contributed by atoms with Crippen molar-refractivity contribution in [2.24, 2.45) is 0 Å². The third-order valence-corrected chi connectivity index (χ3v) is 7.24. The number of rotatable bonds is 9. The maximum Gasteiger partial charge on any atom is 0.161 e. The Balaban J connectivity index is 2.09. The average molecular weight is 541 g/mol. The summed E-state index contributed by atoms with van der Waals surface area (Å²) in [4.78, 5) is 0. The number of methoxy groups -OCH3 is 6. The number of hydrogen-bond donors (Lipinski definition) is 1. The van der Waals surface area contributed by atoms with E-state index in [0.29, 0.717) is 40.1 Å². The van der Waals surface area contributed by atoms with E-state index in [-0.39, 0.29) is 6.61 Å². The summed E-state index contributed by atoms with van der Waals surface area (Å²) in [5, 5.41) is 14.2. The summed E-state index contributed by atoms with van der Waals surface area (Å²) in [6.45, 7) is -0.209. The molecule has 5 aromatic rings. The molecule has 5 aromatic carbocycles. The van der Waals surface area contributed by atoms with Crippen molar-refractivity contribution in [2.45, 2.75) is 6.61 Å². The van der Waals surface area contributed by atoms with Crippen molar-refractivity contribution in [2.75, 3.05) is 42.7 Å². The molecule has 0 radical (unpaired) electrons. The summed E-state index contributed by atoms with van der Waals surface area (Å²) >= 11 is 0. The Morgan fingerprint density at radius 2 is 0.850 bits per heavy atom. The summed E-state index contributed by atoms with van der Waals surface area (Å²) in [5.41, 5.74) is 4.36. The maximum atomic E-state index is 10.5. The Morgan fingerprint density at radius 3 is 1.25 bits per heavy atom. The van der Waals surface area contributed by atoms with Crippen molar-refractivity contribution in [3.05, 3.63) is 72.3 Å². The van der Waals surface area contributed by atoms with Gasteiger partial charge in [0.05, 0.1) is 49.3 Å². The predicted octanol–water partition coefficient (Wildman–Crippen LogP) is 6.87. The van der Waals surface area contributed by atoms with E-state index in [1.54, 1.807) is 48.7 Å². The highest BCUT2D eigenvalue weighted by atomic mass is 16.5. The molecule has 0 aromatic heterocycles. The lowest BCUT2D eigenvalue weighted by Crippen LogP contribution is -2.00. The molecule has 40 heavy (non-hydrogen) atoms. The maximum absolute atomic E-state index is 10.5. The number of aliphatic hydroxyl groups excluding tert-OH is 1. The molecule has 0 bridgehead atoms. The highest BCUT2D eigenvalue weighted by molar-refractivity contribution is 6.22. The van der Waals surface area contributed by atoms with Gasteiger partial charge in [-0.05, 0) is 85.8 Å². The second-order valence-electron chi connectivity index (χ2n) is 9.14. The monoisotopic (exact) mass is 540 g/mol. The van der Waals surface area contributed by atoms with Crippen LogP contribution in [0.3, 0.4) is 0 Å². The van der Waals surface area contributed by atoms with Crippen molar-refractivity contribution in [3.8, 4) is 56.8 Å². The zero-order chi connectivity index (χ0) is 28.4. The number of fused-ring (bicyclic) bond motifs is 2. The third-order valence-electron chi connectivity index (χ3n) is 7.24. The van der Waals surface area contributed by atoms with E-state index in [1.807, 2.05) is 48.5 Å². The second kappa shape index (κ2) is 11.2. The van der Waals surface area contributed by atoms with Crippen LogP contribution in [0, 0.1) is 0 Å². The molecule has 0 unspecified atom stereocenters. The van der Waals surface area contributed by atoms with Gasteiger partial charge in [0, 0.05) is 0 Å². The first-order valence-corrected chi connectivity index (χ1v) is 12.7. The molecular formula is C33H32O7. The van der Waals surface area contributed by atoms with Gasteiger partial charge in [-0.2, -0.15) is 0 Å². The standard InChI is InChI=1S/C33H32O7/c1-35-26-12-20(18-34)21(13-27(26)36-2)33-24-16-30(39-5)28(37-3)14-22(24)32(19-10-8-7-9-11-19)23-15-29(38-4)31(40-6)17-25(23)33/h7-17,34H,18H2,1-6H3. The minimum absolute atomic E-state index is 0.209. The second-order valence-corrected chi connectivity index (χ2v) is 9.14. The molecule has 0 saturated heterocycles. The quantitative estimate of drug-likeness (QED) is 0.205. The molecule has 206 valence electrons. The van der Waals surface area contributed by atoms with Gasteiger partial charge in [-0.15, -0.1) is 0 Å². The normalized spacial score (nSPS) is 11.0. The van der Waals surface area contributed by atoms with E-state index < -0.39 is 0 Å². The molecule has 0 atom stereocenters. The largest absolute Gasteiger partial charge is 0.493 e. The van der Waals surface area contributed by atoms with Gasteiger partial charge < -0.3 is 33.5 Å². The van der Waals surface area contributed by atoms with Gasteiger partial charge in [0.15, 0.2) is 34.5 Å². The Morgan fingerprint density at radius 1 is 0.475 bits per heavy atom. The molecule has 0 saturated carbocycles. The molecule has 0 aliphatic carbocycles. The highest BCUT2D eigenvalue weighted by Gasteiger charge is 2.24. The SMILES string of the molecule is COc1cc(CO)c(-c2c3cc(OC)c(OC)cc3c(-c3ccccc3)c3cc(OC)c(OC)cc23)cc1OC. The first kappa shape index (κ1) is 27.0. The van der Waals surface area contributed by atoms with Crippen molar-refractivity contribution in [1.29, 1.82) is 0 Å². The van der Waals surface area contributed by atoms with Crippen LogP contribution in [0.1, 0.15) is 5.56 Å². The molecule has 0 aliphatic heterocycles.